The Balaban J connectivity index is 2.29. The molecular formula is C11H10BrClN2O3S2. The Hall–Kier alpha value is -0.670. The topological polar surface area (TPSA) is 70.2 Å². The number of pyridine rings is 1. The van der Waals surface area contributed by atoms with Crippen molar-refractivity contribution in [3.05, 3.63) is 48.4 Å². The van der Waals surface area contributed by atoms with Crippen molar-refractivity contribution in [3.63, 3.8) is 0 Å². The summed E-state index contributed by atoms with van der Waals surface area (Å²) in [5.41, 5.74) is 0.360. The van der Waals surface area contributed by atoms with Crippen molar-refractivity contribution in [3.8, 4) is 0 Å². The molecule has 0 bridgehead atoms. The van der Waals surface area contributed by atoms with Crippen LogP contribution in [0.15, 0.2) is 37.2 Å². The van der Waals surface area contributed by atoms with Crippen LogP contribution in [-0.4, -0.2) is 24.8 Å². The second-order valence-corrected chi connectivity index (χ2v) is 8.78. The van der Waals surface area contributed by atoms with Gasteiger partial charge in [-0.1, -0.05) is 11.6 Å². The number of hydrogen-bond donors (Lipinski definition) is 1. The molecule has 108 valence electrons. The zero-order chi connectivity index (χ0) is 14.9. The Morgan fingerprint density at radius 1 is 1.45 bits per heavy atom. The van der Waals surface area contributed by atoms with Crippen LogP contribution >= 0.6 is 38.9 Å². The maximum atomic E-state index is 12.3. The van der Waals surface area contributed by atoms with Gasteiger partial charge in [0.25, 0.3) is 5.56 Å². The standard InChI is InChI=1S/C11H10BrClN2O3S2/c1-15(5-7-2-10(12)19-6-7)20(17,18)8-3-9(13)11(16)14-4-8/h2-4,6H,5H2,1H3,(H,14,16). The highest BCUT2D eigenvalue weighted by Gasteiger charge is 2.22. The summed E-state index contributed by atoms with van der Waals surface area (Å²) in [6, 6.07) is 3.01. The van der Waals surface area contributed by atoms with Gasteiger partial charge in [0.15, 0.2) is 0 Å². The Labute approximate surface area is 133 Å². The van der Waals surface area contributed by atoms with Crippen LogP contribution in [0.4, 0.5) is 0 Å². The molecule has 2 aromatic rings. The Bertz CT molecular complexity index is 785. The molecular weight excluding hydrogens is 388 g/mol. The van der Waals surface area contributed by atoms with Gasteiger partial charge in [-0.15, -0.1) is 11.3 Å². The molecule has 0 aliphatic carbocycles. The van der Waals surface area contributed by atoms with E-state index < -0.39 is 15.6 Å². The first kappa shape index (κ1) is 15.7. The molecule has 0 aromatic carbocycles. The molecule has 0 fully saturated rings. The van der Waals surface area contributed by atoms with Gasteiger partial charge in [0.1, 0.15) is 5.02 Å². The molecule has 2 heterocycles. The smallest absolute Gasteiger partial charge is 0.266 e. The van der Waals surface area contributed by atoms with Crippen molar-refractivity contribution in [2.24, 2.45) is 0 Å². The SMILES string of the molecule is CN(Cc1csc(Br)c1)S(=O)(=O)c1c[nH]c(=O)c(Cl)c1. The van der Waals surface area contributed by atoms with Gasteiger partial charge in [-0.3, -0.25) is 4.79 Å². The summed E-state index contributed by atoms with van der Waals surface area (Å²) in [6.07, 6.45) is 1.14. The predicted molar refractivity (Wildman–Crippen MR) is 82.7 cm³/mol. The molecule has 0 amide bonds. The predicted octanol–water partition coefficient (Wildman–Crippen LogP) is 2.67. The van der Waals surface area contributed by atoms with Crippen LogP contribution < -0.4 is 5.56 Å². The van der Waals surface area contributed by atoms with Gasteiger partial charge in [0.2, 0.25) is 10.0 Å². The number of nitrogens with zero attached hydrogens (tertiary/aromatic N) is 1. The highest BCUT2D eigenvalue weighted by Crippen LogP contribution is 2.23. The minimum atomic E-state index is -3.70. The molecule has 2 rings (SSSR count). The van der Waals surface area contributed by atoms with E-state index in [1.54, 1.807) is 0 Å². The molecule has 20 heavy (non-hydrogen) atoms. The van der Waals surface area contributed by atoms with E-state index in [9.17, 15) is 13.2 Å². The number of nitrogens with one attached hydrogen (secondary N) is 1. The van der Waals surface area contributed by atoms with Crippen molar-refractivity contribution < 1.29 is 8.42 Å². The number of aromatic nitrogens is 1. The third-order valence-corrected chi connectivity index (χ3v) is 6.18. The maximum Gasteiger partial charge on any atom is 0.266 e. The highest BCUT2D eigenvalue weighted by molar-refractivity contribution is 9.11. The molecule has 0 saturated heterocycles. The van der Waals surface area contributed by atoms with Crippen LogP contribution in [0.5, 0.6) is 0 Å². The fourth-order valence-electron chi connectivity index (χ4n) is 1.54. The van der Waals surface area contributed by atoms with E-state index in [0.717, 1.165) is 21.6 Å². The molecule has 0 atom stereocenters. The van der Waals surface area contributed by atoms with Crippen LogP contribution in [0, 0.1) is 0 Å². The fourth-order valence-corrected chi connectivity index (χ4v) is 4.13. The number of halogens is 2. The molecule has 0 spiro atoms. The summed E-state index contributed by atoms with van der Waals surface area (Å²) in [7, 11) is -2.23. The van der Waals surface area contributed by atoms with E-state index in [2.05, 4.69) is 20.9 Å². The van der Waals surface area contributed by atoms with E-state index in [4.69, 9.17) is 11.6 Å². The van der Waals surface area contributed by atoms with Gasteiger partial charge in [0.05, 0.1) is 8.68 Å². The van der Waals surface area contributed by atoms with Crippen LogP contribution in [0.3, 0.4) is 0 Å². The van der Waals surface area contributed by atoms with Crippen LogP contribution in [0.1, 0.15) is 5.56 Å². The third-order valence-electron chi connectivity index (χ3n) is 2.57. The number of H-pyrrole nitrogens is 1. The van der Waals surface area contributed by atoms with Gasteiger partial charge in [-0.25, -0.2) is 8.42 Å². The lowest BCUT2D eigenvalue weighted by Gasteiger charge is -2.16. The summed E-state index contributed by atoms with van der Waals surface area (Å²) >= 11 is 10.5. The monoisotopic (exact) mass is 396 g/mol. The fraction of sp³-hybridized carbons (Fsp3) is 0.182. The molecule has 2 aromatic heterocycles. The first-order valence-corrected chi connectivity index (χ1v) is 8.87. The summed E-state index contributed by atoms with van der Waals surface area (Å²) in [5.74, 6) is 0. The van der Waals surface area contributed by atoms with Crippen molar-refractivity contribution in [2.75, 3.05) is 7.05 Å². The highest BCUT2D eigenvalue weighted by atomic mass is 79.9. The summed E-state index contributed by atoms with van der Waals surface area (Å²) in [5, 5.41) is 1.72. The van der Waals surface area contributed by atoms with Gasteiger partial charge < -0.3 is 4.98 Å². The quantitative estimate of drug-likeness (QED) is 0.862. The molecule has 1 N–H and O–H groups in total. The van der Waals surface area contributed by atoms with Crippen molar-refractivity contribution >= 4 is 48.9 Å². The van der Waals surface area contributed by atoms with Crippen LogP contribution in [0.2, 0.25) is 5.02 Å². The van der Waals surface area contributed by atoms with Crippen LogP contribution in [-0.2, 0) is 16.6 Å². The van der Waals surface area contributed by atoms with E-state index in [1.807, 2.05) is 11.4 Å². The molecule has 9 heteroatoms. The first-order valence-electron chi connectivity index (χ1n) is 5.38. The number of hydrogen-bond acceptors (Lipinski definition) is 4. The number of aromatic amines is 1. The lowest BCUT2D eigenvalue weighted by molar-refractivity contribution is 0.467. The zero-order valence-corrected chi connectivity index (χ0v) is 14.2. The summed E-state index contributed by atoms with van der Waals surface area (Å²) in [6.45, 7) is 0.237. The normalized spacial score (nSPS) is 12.0. The molecule has 5 nitrogen and oxygen atoms in total. The Kier molecular flexibility index (Phi) is 4.70. The zero-order valence-electron chi connectivity index (χ0n) is 10.3. The van der Waals surface area contributed by atoms with Crippen LogP contribution in [0.25, 0.3) is 0 Å². The lowest BCUT2D eigenvalue weighted by Crippen LogP contribution is -2.27. The van der Waals surface area contributed by atoms with Crippen molar-refractivity contribution in [1.29, 1.82) is 0 Å². The first-order chi connectivity index (χ1) is 9.30. The number of sulfonamides is 1. The van der Waals surface area contributed by atoms with Gasteiger partial charge >= 0.3 is 0 Å². The summed E-state index contributed by atoms with van der Waals surface area (Å²) < 4.78 is 26.8. The molecule has 0 unspecified atom stereocenters. The molecule has 0 aliphatic heterocycles. The third kappa shape index (κ3) is 3.32. The minimum Gasteiger partial charge on any atom is -0.326 e. The molecule has 0 radical (unpaired) electrons. The lowest BCUT2D eigenvalue weighted by atomic mass is 10.3. The van der Waals surface area contributed by atoms with E-state index in [-0.39, 0.29) is 16.5 Å². The van der Waals surface area contributed by atoms with Gasteiger partial charge in [-0.05, 0) is 39.0 Å². The van der Waals surface area contributed by atoms with Crippen molar-refractivity contribution in [1.82, 2.24) is 9.29 Å². The second-order valence-electron chi connectivity index (χ2n) is 4.03. The van der Waals surface area contributed by atoms with Gasteiger partial charge in [-0.2, -0.15) is 4.31 Å². The minimum absolute atomic E-state index is 0.0427. The van der Waals surface area contributed by atoms with E-state index in [1.165, 1.54) is 22.7 Å². The van der Waals surface area contributed by atoms with E-state index >= 15 is 0 Å². The molecule has 0 saturated carbocycles. The number of rotatable bonds is 4. The largest absolute Gasteiger partial charge is 0.326 e. The average molecular weight is 398 g/mol. The summed E-state index contributed by atoms with van der Waals surface area (Å²) in [4.78, 5) is 13.4. The Morgan fingerprint density at radius 3 is 2.70 bits per heavy atom. The van der Waals surface area contributed by atoms with E-state index in [0.29, 0.717) is 0 Å². The van der Waals surface area contributed by atoms with Gasteiger partial charge in [0, 0.05) is 19.8 Å². The average Bonchev–Trinajstić information content (AvgIpc) is 2.78. The second kappa shape index (κ2) is 5.98. The molecule has 0 aliphatic rings. The maximum absolute atomic E-state index is 12.3. The van der Waals surface area contributed by atoms with Crippen molar-refractivity contribution in [2.45, 2.75) is 11.4 Å². The Morgan fingerprint density at radius 2 is 2.15 bits per heavy atom. The number of thiophene rings is 1.